The van der Waals surface area contributed by atoms with Crippen LogP contribution in [-0.2, 0) is 4.74 Å². The van der Waals surface area contributed by atoms with Gasteiger partial charge in [-0.05, 0) is 31.5 Å². The first-order valence-corrected chi connectivity index (χ1v) is 6.46. The van der Waals surface area contributed by atoms with Crippen LogP contribution in [0.2, 0.25) is 0 Å². The van der Waals surface area contributed by atoms with E-state index in [0.29, 0.717) is 11.6 Å². The van der Waals surface area contributed by atoms with Crippen molar-refractivity contribution in [3.05, 3.63) is 28.2 Å². The van der Waals surface area contributed by atoms with E-state index in [1.165, 1.54) is 0 Å². The number of nitrogens with zero attached hydrogens (tertiary/aromatic N) is 2. The van der Waals surface area contributed by atoms with Crippen LogP contribution in [0.25, 0.3) is 0 Å². The second-order valence-corrected chi connectivity index (χ2v) is 5.27. The summed E-state index contributed by atoms with van der Waals surface area (Å²) in [5, 5.41) is 8.97. The molecule has 2 rings (SSSR count). The topological polar surface area (TPSA) is 36.3 Å². The fourth-order valence-corrected chi connectivity index (χ4v) is 2.74. The molecule has 0 spiro atoms. The Balaban J connectivity index is 2.27. The van der Waals surface area contributed by atoms with E-state index in [0.717, 1.165) is 23.2 Å². The predicted molar refractivity (Wildman–Crippen MR) is 71.1 cm³/mol. The minimum Gasteiger partial charge on any atom is -0.376 e. The second kappa shape index (κ2) is 5.07. The van der Waals surface area contributed by atoms with Gasteiger partial charge in [0.15, 0.2) is 0 Å². The third-order valence-electron chi connectivity index (χ3n) is 3.25. The molecule has 1 fully saturated rings. The van der Waals surface area contributed by atoms with E-state index >= 15 is 0 Å². The molecule has 1 aromatic rings. The van der Waals surface area contributed by atoms with Crippen LogP contribution in [0, 0.1) is 11.3 Å². The standard InChI is InChI=1S/C13H15BrN2O/c1-9-13(3-4-17-9)16(2)12-6-10(8-15)5-11(14)7-12/h5-7,9,13H,3-4H2,1-2H3. The molecular formula is C13H15BrN2O. The first-order valence-electron chi connectivity index (χ1n) is 5.67. The van der Waals surface area contributed by atoms with E-state index in [4.69, 9.17) is 10.00 Å². The number of rotatable bonds is 2. The molecular weight excluding hydrogens is 280 g/mol. The van der Waals surface area contributed by atoms with Gasteiger partial charge in [0.05, 0.1) is 23.8 Å². The average molecular weight is 295 g/mol. The Morgan fingerprint density at radius 3 is 2.82 bits per heavy atom. The van der Waals surface area contributed by atoms with Gasteiger partial charge in [-0.2, -0.15) is 5.26 Å². The lowest BCUT2D eigenvalue weighted by Gasteiger charge is -2.29. The van der Waals surface area contributed by atoms with Crippen LogP contribution in [0.3, 0.4) is 0 Å². The number of anilines is 1. The van der Waals surface area contributed by atoms with E-state index in [2.05, 4.69) is 40.9 Å². The number of halogens is 1. The molecule has 1 aromatic carbocycles. The molecule has 2 unspecified atom stereocenters. The maximum Gasteiger partial charge on any atom is 0.0992 e. The molecule has 1 aliphatic heterocycles. The van der Waals surface area contributed by atoms with Crippen LogP contribution in [0.15, 0.2) is 22.7 Å². The summed E-state index contributed by atoms with van der Waals surface area (Å²) in [5.41, 5.74) is 1.73. The van der Waals surface area contributed by atoms with Gasteiger partial charge in [0, 0.05) is 23.8 Å². The Hall–Kier alpha value is -1.05. The number of benzene rings is 1. The minimum atomic E-state index is 0.240. The van der Waals surface area contributed by atoms with Crippen LogP contribution in [0.1, 0.15) is 18.9 Å². The largest absolute Gasteiger partial charge is 0.376 e. The lowest BCUT2D eigenvalue weighted by atomic mass is 10.1. The lowest BCUT2D eigenvalue weighted by Crippen LogP contribution is -2.36. The Morgan fingerprint density at radius 2 is 2.24 bits per heavy atom. The zero-order valence-electron chi connectivity index (χ0n) is 9.98. The molecule has 0 amide bonds. The van der Waals surface area contributed by atoms with E-state index in [-0.39, 0.29) is 6.10 Å². The molecule has 1 aliphatic rings. The average Bonchev–Trinajstić information content (AvgIpc) is 2.73. The molecule has 0 aliphatic carbocycles. The molecule has 0 saturated carbocycles. The summed E-state index contributed by atoms with van der Waals surface area (Å²) in [6.45, 7) is 2.91. The van der Waals surface area contributed by atoms with Gasteiger partial charge in [-0.3, -0.25) is 0 Å². The van der Waals surface area contributed by atoms with Gasteiger partial charge in [0.1, 0.15) is 0 Å². The Kier molecular flexibility index (Phi) is 3.70. The molecule has 90 valence electrons. The van der Waals surface area contributed by atoms with Crippen molar-refractivity contribution in [1.82, 2.24) is 0 Å². The normalized spacial score (nSPS) is 23.4. The van der Waals surface area contributed by atoms with Crippen molar-refractivity contribution in [2.24, 2.45) is 0 Å². The van der Waals surface area contributed by atoms with Crippen molar-refractivity contribution in [3.63, 3.8) is 0 Å². The fraction of sp³-hybridized carbons (Fsp3) is 0.462. The number of likely N-dealkylation sites (N-methyl/N-ethyl adjacent to an activating group) is 1. The van der Waals surface area contributed by atoms with Crippen LogP contribution in [-0.4, -0.2) is 25.8 Å². The molecule has 3 nitrogen and oxygen atoms in total. The molecule has 0 bridgehead atoms. The highest BCUT2D eigenvalue weighted by atomic mass is 79.9. The summed E-state index contributed by atoms with van der Waals surface area (Å²) >= 11 is 3.44. The number of hydrogen-bond donors (Lipinski definition) is 0. The van der Waals surface area contributed by atoms with Crippen molar-refractivity contribution >= 4 is 21.6 Å². The monoisotopic (exact) mass is 294 g/mol. The van der Waals surface area contributed by atoms with Crippen molar-refractivity contribution in [2.45, 2.75) is 25.5 Å². The highest BCUT2D eigenvalue weighted by Crippen LogP contribution is 2.27. The van der Waals surface area contributed by atoms with Gasteiger partial charge in [-0.1, -0.05) is 15.9 Å². The Labute approximate surface area is 110 Å². The zero-order valence-corrected chi connectivity index (χ0v) is 11.6. The third-order valence-corrected chi connectivity index (χ3v) is 3.71. The summed E-state index contributed by atoms with van der Waals surface area (Å²) in [7, 11) is 2.05. The van der Waals surface area contributed by atoms with Crippen molar-refractivity contribution < 1.29 is 4.74 Å². The zero-order chi connectivity index (χ0) is 12.4. The van der Waals surface area contributed by atoms with Crippen LogP contribution in [0.4, 0.5) is 5.69 Å². The maximum absolute atomic E-state index is 8.97. The SMILES string of the molecule is CC1OCCC1N(C)c1cc(Br)cc(C#N)c1. The van der Waals surface area contributed by atoms with Crippen molar-refractivity contribution in [2.75, 3.05) is 18.6 Å². The highest BCUT2D eigenvalue weighted by Gasteiger charge is 2.28. The van der Waals surface area contributed by atoms with Crippen LogP contribution >= 0.6 is 15.9 Å². The smallest absolute Gasteiger partial charge is 0.0992 e. The first kappa shape index (κ1) is 12.4. The van der Waals surface area contributed by atoms with Crippen LogP contribution in [0.5, 0.6) is 0 Å². The number of hydrogen-bond acceptors (Lipinski definition) is 3. The van der Waals surface area contributed by atoms with E-state index in [9.17, 15) is 0 Å². The number of nitriles is 1. The molecule has 2 atom stereocenters. The third kappa shape index (κ3) is 2.62. The fourth-order valence-electron chi connectivity index (χ4n) is 2.26. The molecule has 0 radical (unpaired) electrons. The Bertz CT molecular complexity index is 455. The molecule has 4 heteroatoms. The van der Waals surface area contributed by atoms with Gasteiger partial charge in [0.25, 0.3) is 0 Å². The number of ether oxygens (including phenoxy) is 1. The summed E-state index contributed by atoms with van der Waals surface area (Å²) < 4.78 is 6.51. The molecule has 17 heavy (non-hydrogen) atoms. The van der Waals surface area contributed by atoms with Gasteiger partial charge < -0.3 is 9.64 Å². The van der Waals surface area contributed by atoms with E-state index < -0.39 is 0 Å². The Morgan fingerprint density at radius 1 is 1.47 bits per heavy atom. The van der Waals surface area contributed by atoms with E-state index in [1.807, 2.05) is 18.2 Å². The summed E-state index contributed by atoms with van der Waals surface area (Å²) in [4.78, 5) is 2.20. The molecule has 1 heterocycles. The van der Waals surface area contributed by atoms with Gasteiger partial charge in [0.2, 0.25) is 0 Å². The van der Waals surface area contributed by atoms with Gasteiger partial charge >= 0.3 is 0 Å². The first-order chi connectivity index (χ1) is 8.11. The highest BCUT2D eigenvalue weighted by molar-refractivity contribution is 9.10. The summed E-state index contributed by atoms with van der Waals surface area (Å²) in [6, 6.07) is 8.33. The second-order valence-electron chi connectivity index (χ2n) is 4.35. The predicted octanol–water partition coefficient (Wildman–Crippen LogP) is 2.93. The molecule has 0 aromatic heterocycles. The van der Waals surface area contributed by atoms with Crippen LogP contribution < -0.4 is 4.90 Å². The maximum atomic E-state index is 8.97. The van der Waals surface area contributed by atoms with Crippen molar-refractivity contribution in [3.8, 4) is 6.07 Å². The summed E-state index contributed by atoms with van der Waals surface area (Å²) in [6.07, 6.45) is 1.27. The quantitative estimate of drug-likeness (QED) is 0.841. The minimum absolute atomic E-state index is 0.240. The molecule has 1 saturated heterocycles. The van der Waals surface area contributed by atoms with E-state index in [1.54, 1.807) is 0 Å². The van der Waals surface area contributed by atoms with Gasteiger partial charge in [-0.15, -0.1) is 0 Å². The lowest BCUT2D eigenvalue weighted by molar-refractivity contribution is 0.118. The molecule has 0 N–H and O–H groups in total. The van der Waals surface area contributed by atoms with Gasteiger partial charge in [-0.25, -0.2) is 0 Å². The van der Waals surface area contributed by atoms with Crippen molar-refractivity contribution in [1.29, 1.82) is 5.26 Å². The summed E-state index contributed by atoms with van der Waals surface area (Å²) in [5.74, 6) is 0.